The molecular formula is C18H26ClN3O. The van der Waals surface area contributed by atoms with E-state index >= 15 is 0 Å². The van der Waals surface area contributed by atoms with Crippen LogP contribution in [-0.4, -0.2) is 42.8 Å². The fraction of sp³-hybridized carbons (Fsp3) is 0.611. The molecule has 0 aromatic heterocycles. The van der Waals surface area contributed by atoms with Gasteiger partial charge in [-0.2, -0.15) is 5.26 Å². The summed E-state index contributed by atoms with van der Waals surface area (Å²) < 4.78 is 0. The van der Waals surface area contributed by atoms with Gasteiger partial charge in [0.1, 0.15) is 0 Å². The summed E-state index contributed by atoms with van der Waals surface area (Å²) in [7, 11) is 0. The van der Waals surface area contributed by atoms with E-state index in [9.17, 15) is 10.4 Å². The first-order valence-electron chi connectivity index (χ1n) is 8.33. The van der Waals surface area contributed by atoms with E-state index in [4.69, 9.17) is 0 Å². The van der Waals surface area contributed by atoms with Gasteiger partial charge >= 0.3 is 0 Å². The molecule has 0 aliphatic carbocycles. The Hall–Kier alpha value is -1.12. The van der Waals surface area contributed by atoms with Crippen LogP contribution in [-0.2, 0) is 6.54 Å². The molecule has 23 heavy (non-hydrogen) atoms. The SMILES string of the molecule is Cl.N#Cc1ccccc1CN1CCC([C@@H]2CNC[C@H]2CO)CC1. The Labute approximate surface area is 144 Å². The normalized spacial score (nSPS) is 25.7. The molecule has 0 amide bonds. The summed E-state index contributed by atoms with van der Waals surface area (Å²) in [6.07, 6.45) is 2.41. The topological polar surface area (TPSA) is 59.3 Å². The monoisotopic (exact) mass is 335 g/mol. The largest absolute Gasteiger partial charge is 0.396 e. The number of piperidine rings is 1. The van der Waals surface area contributed by atoms with Gasteiger partial charge in [-0.3, -0.25) is 4.90 Å². The minimum Gasteiger partial charge on any atom is -0.396 e. The fourth-order valence-corrected chi connectivity index (χ4v) is 4.05. The van der Waals surface area contributed by atoms with E-state index in [-0.39, 0.29) is 12.4 Å². The van der Waals surface area contributed by atoms with Crippen LogP contribution in [0.2, 0.25) is 0 Å². The lowest BCUT2D eigenvalue weighted by molar-refractivity contribution is 0.108. The van der Waals surface area contributed by atoms with E-state index in [0.717, 1.165) is 49.8 Å². The molecule has 2 aliphatic heterocycles. The third-order valence-electron chi connectivity index (χ3n) is 5.40. The third-order valence-corrected chi connectivity index (χ3v) is 5.40. The summed E-state index contributed by atoms with van der Waals surface area (Å²) >= 11 is 0. The van der Waals surface area contributed by atoms with Crippen molar-refractivity contribution in [2.24, 2.45) is 17.8 Å². The Kier molecular flexibility index (Phi) is 6.86. The molecule has 5 heteroatoms. The highest BCUT2D eigenvalue weighted by atomic mass is 35.5. The summed E-state index contributed by atoms with van der Waals surface area (Å²) in [6, 6.07) is 10.2. The Morgan fingerprint density at radius 3 is 2.65 bits per heavy atom. The summed E-state index contributed by atoms with van der Waals surface area (Å²) in [6.45, 7) is 5.42. The quantitative estimate of drug-likeness (QED) is 0.883. The molecule has 2 fully saturated rings. The lowest BCUT2D eigenvalue weighted by Gasteiger charge is -2.36. The number of hydrogen-bond acceptors (Lipinski definition) is 4. The first-order chi connectivity index (χ1) is 10.8. The number of nitrogens with zero attached hydrogens (tertiary/aromatic N) is 2. The minimum absolute atomic E-state index is 0. The number of benzene rings is 1. The van der Waals surface area contributed by atoms with Crippen LogP contribution in [0, 0.1) is 29.1 Å². The summed E-state index contributed by atoms with van der Waals surface area (Å²) in [5.74, 6) is 1.81. The van der Waals surface area contributed by atoms with Crippen LogP contribution in [0.25, 0.3) is 0 Å². The van der Waals surface area contributed by atoms with Crippen LogP contribution < -0.4 is 5.32 Å². The standard InChI is InChI=1S/C18H25N3O.ClH/c19-9-15-3-1-2-4-16(15)12-21-7-5-14(6-8-21)18-11-20-10-17(18)13-22;/h1-4,14,17-18,20,22H,5-8,10-13H2;1H/t17-,18-;/m0./s1. The Bertz CT molecular complexity index is 537. The van der Waals surface area contributed by atoms with Crippen molar-refractivity contribution >= 4 is 12.4 Å². The van der Waals surface area contributed by atoms with Crippen LogP contribution in [0.1, 0.15) is 24.0 Å². The molecule has 2 saturated heterocycles. The zero-order chi connectivity index (χ0) is 15.4. The number of likely N-dealkylation sites (tertiary alicyclic amines) is 1. The first-order valence-corrected chi connectivity index (χ1v) is 8.33. The number of rotatable bonds is 4. The van der Waals surface area contributed by atoms with Gasteiger partial charge in [0.05, 0.1) is 11.6 Å². The van der Waals surface area contributed by atoms with Crippen molar-refractivity contribution in [3.05, 3.63) is 35.4 Å². The van der Waals surface area contributed by atoms with Crippen molar-refractivity contribution in [2.45, 2.75) is 19.4 Å². The third kappa shape index (κ3) is 4.24. The van der Waals surface area contributed by atoms with Crippen molar-refractivity contribution in [1.29, 1.82) is 5.26 Å². The maximum absolute atomic E-state index is 9.49. The van der Waals surface area contributed by atoms with Gasteiger partial charge in [0, 0.05) is 19.7 Å². The van der Waals surface area contributed by atoms with Crippen molar-refractivity contribution in [3.8, 4) is 6.07 Å². The lowest BCUT2D eigenvalue weighted by atomic mass is 9.79. The van der Waals surface area contributed by atoms with Crippen LogP contribution in [0.5, 0.6) is 0 Å². The maximum Gasteiger partial charge on any atom is 0.0995 e. The van der Waals surface area contributed by atoms with Crippen molar-refractivity contribution in [1.82, 2.24) is 10.2 Å². The molecule has 3 rings (SSSR count). The van der Waals surface area contributed by atoms with Crippen LogP contribution in [0.4, 0.5) is 0 Å². The zero-order valence-electron chi connectivity index (χ0n) is 13.4. The van der Waals surface area contributed by atoms with E-state index in [1.54, 1.807) is 0 Å². The number of nitriles is 1. The molecule has 0 unspecified atom stereocenters. The average Bonchev–Trinajstić information content (AvgIpc) is 3.05. The predicted molar refractivity (Wildman–Crippen MR) is 93.3 cm³/mol. The molecule has 0 spiro atoms. The highest BCUT2D eigenvalue weighted by Gasteiger charge is 2.34. The molecule has 2 heterocycles. The van der Waals surface area contributed by atoms with Crippen molar-refractivity contribution < 1.29 is 5.11 Å². The maximum atomic E-state index is 9.49. The van der Waals surface area contributed by atoms with E-state index < -0.39 is 0 Å². The Morgan fingerprint density at radius 1 is 1.22 bits per heavy atom. The molecule has 1 aromatic carbocycles. The molecule has 126 valence electrons. The van der Waals surface area contributed by atoms with Gasteiger partial charge in [-0.05, 0) is 61.9 Å². The van der Waals surface area contributed by atoms with Gasteiger partial charge in [0.2, 0.25) is 0 Å². The van der Waals surface area contributed by atoms with Crippen molar-refractivity contribution in [2.75, 3.05) is 32.8 Å². The summed E-state index contributed by atoms with van der Waals surface area (Å²) in [4.78, 5) is 2.46. The summed E-state index contributed by atoms with van der Waals surface area (Å²) in [5, 5.41) is 22.1. The van der Waals surface area contributed by atoms with Gasteiger partial charge in [0.15, 0.2) is 0 Å². The van der Waals surface area contributed by atoms with Crippen LogP contribution >= 0.6 is 12.4 Å². The second kappa shape index (κ2) is 8.65. The Balaban J connectivity index is 0.00000192. The number of aliphatic hydroxyl groups excluding tert-OH is 1. The van der Waals surface area contributed by atoms with E-state index in [1.807, 2.05) is 18.2 Å². The molecule has 1 aromatic rings. The lowest BCUT2D eigenvalue weighted by Crippen LogP contribution is -2.38. The van der Waals surface area contributed by atoms with Gasteiger partial charge in [0.25, 0.3) is 0 Å². The average molecular weight is 336 g/mol. The summed E-state index contributed by atoms with van der Waals surface area (Å²) in [5.41, 5.74) is 1.93. The van der Waals surface area contributed by atoms with E-state index in [2.05, 4.69) is 22.4 Å². The van der Waals surface area contributed by atoms with Crippen LogP contribution in [0.15, 0.2) is 24.3 Å². The zero-order valence-corrected chi connectivity index (χ0v) is 14.3. The van der Waals surface area contributed by atoms with Gasteiger partial charge < -0.3 is 10.4 Å². The van der Waals surface area contributed by atoms with Gasteiger partial charge in [-0.1, -0.05) is 18.2 Å². The minimum atomic E-state index is 0. The molecule has 4 nitrogen and oxygen atoms in total. The smallest absolute Gasteiger partial charge is 0.0995 e. The fourth-order valence-electron chi connectivity index (χ4n) is 4.05. The molecule has 0 saturated carbocycles. The number of nitrogens with one attached hydrogen (secondary N) is 1. The van der Waals surface area contributed by atoms with Crippen LogP contribution in [0.3, 0.4) is 0 Å². The first kappa shape index (κ1) is 18.2. The Morgan fingerprint density at radius 2 is 1.96 bits per heavy atom. The second-order valence-corrected chi connectivity index (χ2v) is 6.65. The molecule has 0 bridgehead atoms. The van der Waals surface area contributed by atoms with E-state index in [1.165, 1.54) is 12.8 Å². The number of aliphatic hydroxyl groups is 1. The van der Waals surface area contributed by atoms with E-state index in [0.29, 0.717) is 18.4 Å². The predicted octanol–water partition coefficient (Wildman–Crippen LogP) is 2.02. The van der Waals surface area contributed by atoms with Crippen molar-refractivity contribution in [3.63, 3.8) is 0 Å². The molecule has 2 aliphatic rings. The van der Waals surface area contributed by atoms with Gasteiger partial charge in [-0.25, -0.2) is 0 Å². The molecule has 2 N–H and O–H groups in total. The van der Waals surface area contributed by atoms with Gasteiger partial charge in [-0.15, -0.1) is 12.4 Å². The number of halogens is 1. The molecule has 2 atom stereocenters. The second-order valence-electron chi connectivity index (χ2n) is 6.65. The number of hydrogen-bond donors (Lipinski definition) is 2. The highest BCUT2D eigenvalue weighted by molar-refractivity contribution is 5.85. The highest BCUT2D eigenvalue weighted by Crippen LogP contribution is 2.32. The molecule has 0 radical (unpaired) electrons. The molecular weight excluding hydrogens is 310 g/mol.